The molecule has 0 radical (unpaired) electrons. The third-order valence-electron chi connectivity index (χ3n) is 5.06. The summed E-state index contributed by atoms with van der Waals surface area (Å²) < 4.78 is 10.6. The van der Waals surface area contributed by atoms with Crippen molar-refractivity contribution in [2.24, 2.45) is 5.92 Å². The maximum absolute atomic E-state index is 12.6. The molecule has 1 fully saturated rings. The molecule has 0 bridgehead atoms. The molecule has 3 heterocycles. The van der Waals surface area contributed by atoms with E-state index in [9.17, 15) is 9.59 Å². The number of carbonyl (C=O) groups excluding carboxylic acids is 2. The minimum Gasteiger partial charge on any atom is -0.454 e. The molecule has 2 aromatic carbocycles. The lowest BCUT2D eigenvalue weighted by Crippen LogP contribution is -2.54. The average Bonchev–Trinajstić information content (AvgIpc) is 3.15. The molecule has 2 amide bonds. The van der Waals surface area contributed by atoms with Gasteiger partial charge < -0.3 is 19.7 Å². The molecule has 7 nitrogen and oxygen atoms in total. The summed E-state index contributed by atoms with van der Waals surface area (Å²) in [4.78, 5) is 31.2. The van der Waals surface area contributed by atoms with Gasteiger partial charge in [-0.25, -0.2) is 0 Å². The van der Waals surface area contributed by atoms with E-state index in [0.29, 0.717) is 30.2 Å². The summed E-state index contributed by atoms with van der Waals surface area (Å²) in [5.74, 6) is 0.778. The van der Waals surface area contributed by atoms with E-state index >= 15 is 0 Å². The first-order valence-electron chi connectivity index (χ1n) is 9.02. The summed E-state index contributed by atoms with van der Waals surface area (Å²) in [6, 6.07) is 14.5. The number of nitrogens with zero attached hydrogens (tertiary/aromatic N) is 2. The number of aromatic nitrogens is 1. The summed E-state index contributed by atoms with van der Waals surface area (Å²) in [6.07, 6.45) is 1.72. The highest BCUT2D eigenvalue weighted by Crippen LogP contribution is 2.33. The Morgan fingerprint density at radius 2 is 1.89 bits per heavy atom. The third kappa shape index (κ3) is 2.81. The van der Waals surface area contributed by atoms with Crippen LogP contribution in [0.15, 0.2) is 54.7 Å². The molecule has 1 saturated heterocycles. The van der Waals surface area contributed by atoms with Gasteiger partial charge in [-0.3, -0.25) is 14.6 Å². The first kappa shape index (κ1) is 16.6. The van der Waals surface area contributed by atoms with E-state index in [-0.39, 0.29) is 24.5 Å². The van der Waals surface area contributed by atoms with Gasteiger partial charge in [0.15, 0.2) is 11.5 Å². The number of pyridine rings is 1. The van der Waals surface area contributed by atoms with Crippen LogP contribution in [-0.2, 0) is 4.79 Å². The highest BCUT2D eigenvalue weighted by Gasteiger charge is 2.36. The van der Waals surface area contributed by atoms with E-state index in [4.69, 9.17) is 9.47 Å². The second-order valence-electron chi connectivity index (χ2n) is 6.84. The van der Waals surface area contributed by atoms with Crippen molar-refractivity contribution in [3.63, 3.8) is 0 Å². The number of carbonyl (C=O) groups is 2. The van der Waals surface area contributed by atoms with Gasteiger partial charge in [-0.1, -0.05) is 6.07 Å². The van der Waals surface area contributed by atoms with Crippen LogP contribution in [0.25, 0.3) is 10.9 Å². The van der Waals surface area contributed by atoms with Crippen LogP contribution in [0, 0.1) is 5.92 Å². The smallest absolute Gasteiger partial charge is 0.254 e. The minimum absolute atomic E-state index is 0.0916. The minimum atomic E-state index is -0.232. The normalized spacial score (nSPS) is 15.4. The SMILES string of the molecule is O=C(Nc1cccc2ncccc12)C1CN(C(=O)c2ccc3c(c2)OCO3)C1. The summed E-state index contributed by atoms with van der Waals surface area (Å²) >= 11 is 0. The predicted octanol–water partition coefficient (Wildman–Crippen LogP) is 2.67. The first-order chi connectivity index (χ1) is 13.7. The Hall–Kier alpha value is -3.61. The highest BCUT2D eigenvalue weighted by atomic mass is 16.7. The fourth-order valence-corrected chi connectivity index (χ4v) is 3.47. The van der Waals surface area contributed by atoms with Crippen molar-refractivity contribution in [2.75, 3.05) is 25.2 Å². The number of anilines is 1. The van der Waals surface area contributed by atoms with Gasteiger partial charge in [0.1, 0.15) is 0 Å². The zero-order valence-corrected chi connectivity index (χ0v) is 14.9. The van der Waals surface area contributed by atoms with E-state index < -0.39 is 0 Å². The molecule has 0 unspecified atom stereocenters. The summed E-state index contributed by atoms with van der Waals surface area (Å²) in [5, 5.41) is 3.86. The molecule has 0 atom stereocenters. The molecule has 0 aliphatic carbocycles. The number of fused-ring (bicyclic) bond motifs is 2. The maximum Gasteiger partial charge on any atom is 0.254 e. The molecule has 1 aromatic heterocycles. The molecule has 0 spiro atoms. The number of hydrogen-bond donors (Lipinski definition) is 1. The van der Waals surface area contributed by atoms with Crippen molar-refractivity contribution in [3.8, 4) is 11.5 Å². The average molecular weight is 375 g/mol. The molecular formula is C21H17N3O4. The van der Waals surface area contributed by atoms with Crippen LogP contribution >= 0.6 is 0 Å². The second-order valence-corrected chi connectivity index (χ2v) is 6.84. The van der Waals surface area contributed by atoms with Gasteiger partial charge in [0, 0.05) is 30.2 Å². The summed E-state index contributed by atoms with van der Waals surface area (Å²) in [6.45, 7) is 0.951. The van der Waals surface area contributed by atoms with Crippen LogP contribution in [0.2, 0.25) is 0 Å². The molecule has 7 heteroatoms. The van der Waals surface area contributed by atoms with Crippen molar-refractivity contribution < 1.29 is 19.1 Å². The standard InChI is InChI=1S/C21H17N3O4/c25-20(23-17-5-1-4-16-15(17)3-2-8-22-16)14-10-24(11-14)21(26)13-6-7-18-19(9-13)28-12-27-18/h1-9,14H,10-12H2,(H,23,25). The fraction of sp³-hybridized carbons (Fsp3) is 0.190. The monoisotopic (exact) mass is 375 g/mol. The zero-order chi connectivity index (χ0) is 19.1. The van der Waals surface area contributed by atoms with Crippen LogP contribution < -0.4 is 14.8 Å². The number of rotatable bonds is 3. The van der Waals surface area contributed by atoms with Crippen molar-refractivity contribution in [2.45, 2.75) is 0 Å². The molecule has 2 aliphatic heterocycles. The van der Waals surface area contributed by atoms with Crippen LogP contribution in [0.1, 0.15) is 10.4 Å². The van der Waals surface area contributed by atoms with Gasteiger partial charge in [0.05, 0.1) is 17.1 Å². The van der Waals surface area contributed by atoms with E-state index in [1.165, 1.54) is 0 Å². The maximum atomic E-state index is 12.6. The number of ether oxygens (including phenoxy) is 2. The van der Waals surface area contributed by atoms with Crippen molar-refractivity contribution in [1.29, 1.82) is 0 Å². The van der Waals surface area contributed by atoms with Crippen LogP contribution in [0.5, 0.6) is 11.5 Å². The van der Waals surface area contributed by atoms with E-state index in [1.807, 2.05) is 30.3 Å². The third-order valence-corrected chi connectivity index (χ3v) is 5.06. The van der Waals surface area contributed by atoms with E-state index in [2.05, 4.69) is 10.3 Å². The predicted molar refractivity (Wildman–Crippen MR) is 102 cm³/mol. The number of hydrogen-bond acceptors (Lipinski definition) is 5. The number of likely N-dealkylation sites (tertiary alicyclic amines) is 1. The quantitative estimate of drug-likeness (QED) is 0.761. The fourth-order valence-electron chi connectivity index (χ4n) is 3.47. The van der Waals surface area contributed by atoms with E-state index in [1.54, 1.807) is 29.3 Å². The summed E-state index contributed by atoms with van der Waals surface area (Å²) in [5.41, 5.74) is 2.09. The number of amides is 2. The van der Waals surface area contributed by atoms with Gasteiger partial charge in [-0.15, -0.1) is 0 Å². The van der Waals surface area contributed by atoms with Gasteiger partial charge in [-0.2, -0.15) is 0 Å². The Morgan fingerprint density at radius 1 is 1.04 bits per heavy atom. The Balaban J connectivity index is 1.24. The molecule has 3 aromatic rings. The zero-order valence-electron chi connectivity index (χ0n) is 14.9. The van der Waals surface area contributed by atoms with E-state index in [0.717, 1.165) is 16.6 Å². The molecule has 5 rings (SSSR count). The summed E-state index contributed by atoms with van der Waals surface area (Å²) in [7, 11) is 0. The largest absolute Gasteiger partial charge is 0.454 e. The van der Waals surface area contributed by atoms with Crippen molar-refractivity contribution >= 4 is 28.4 Å². The Kier molecular flexibility index (Phi) is 3.86. The number of benzene rings is 2. The van der Waals surface area contributed by atoms with Gasteiger partial charge >= 0.3 is 0 Å². The van der Waals surface area contributed by atoms with Gasteiger partial charge in [0.2, 0.25) is 12.7 Å². The molecule has 1 N–H and O–H groups in total. The van der Waals surface area contributed by atoms with Crippen LogP contribution in [0.4, 0.5) is 5.69 Å². The molecule has 28 heavy (non-hydrogen) atoms. The Bertz CT molecular complexity index is 1090. The second kappa shape index (κ2) is 6.53. The first-order valence-corrected chi connectivity index (χ1v) is 9.02. The van der Waals surface area contributed by atoms with Crippen LogP contribution in [-0.4, -0.2) is 41.6 Å². The Labute approximate surface area is 160 Å². The lowest BCUT2D eigenvalue weighted by atomic mass is 9.97. The van der Waals surface area contributed by atoms with Gasteiger partial charge in [0.25, 0.3) is 5.91 Å². The molecule has 140 valence electrons. The molecule has 2 aliphatic rings. The van der Waals surface area contributed by atoms with Crippen LogP contribution in [0.3, 0.4) is 0 Å². The Morgan fingerprint density at radius 3 is 2.79 bits per heavy atom. The topological polar surface area (TPSA) is 80.8 Å². The van der Waals surface area contributed by atoms with Crippen molar-refractivity contribution in [3.05, 3.63) is 60.3 Å². The highest BCUT2D eigenvalue weighted by molar-refractivity contribution is 6.03. The molecular weight excluding hydrogens is 358 g/mol. The lowest BCUT2D eigenvalue weighted by Gasteiger charge is -2.38. The van der Waals surface area contributed by atoms with Crippen molar-refractivity contribution in [1.82, 2.24) is 9.88 Å². The number of nitrogens with one attached hydrogen (secondary N) is 1. The molecule has 0 saturated carbocycles. The van der Waals surface area contributed by atoms with Gasteiger partial charge in [-0.05, 0) is 42.5 Å². The lowest BCUT2D eigenvalue weighted by molar-refractivity contribution is -0.123.